The Bertz CT molecular complexity index is 376. The van der Waals surface area contributed by atoms with Crippen molar-refractivity contribution in [1.82, 2.24) is 10.2 Å². The second-order valence-corrected chi connectivity index (χ2v) is 5.71. The molecule has 1 fully saturated rings. The molecule has 0 aromatic rings. The molecule has 1 N–H and O–H groups in total. The largest absolute Gasteiger partial charge is 0.468 e. The summed E-state index contributed by atoms with van der Waals surface area (Å²) in [6, 6.07) is -0.0814. The number of nitrogens with one attached hydrogen (secondary N) is 1. The third-order valence-corrected chi connectivity index (χ3v) is 3.83. The minimum atomic E-state index is -0.438. The van der Waals surface area contributed by atoms with E-state index in [1.165, 1.54) is 12.0 Å². The van der Waals surface area contributed by atoms with Crippen molar-refractivity contribution in [3.63, 3.8) is 0 Å². The van der Waals surface area contributed by atoms with Gasteiger partial charge in [0.1, 0.15) is 6.54 Å². The highest BCUT2D eigenvalue weighted by atomic mass is 16.5. The maximum Gasteiger partial charge on any atom is 0.325 e. The fraction of sp³-hybridized carbons (Fsp3) is 0.800. The average molecular weight is 298 g/mol. The summed E-state index contributed by atoms with van der Waals surface area (Å²) in [5.41, 5.74) is 0. The SMILES string of the molecule is COC(=O)CN(C(=O)CCNC(=O)C1CCCC1)C(C)C. The molecule has 0 aromatic heterocycles. The minimum absolute atomic E-state index is 0.0457. The van der Waals surface area contributed by atoms with Crippen molar-refractivity contribution >= 4 is 17.8 Å². The van der Waals surface area contributed by atoms with E-state index in [-0.39, 0.29) is 36.7 Å². The molecule has 21 heavy (non-hydrogen) atoms. The van der Waals surface area contributed by atoms with Gasteiger partial charge >= 0.3 is 5.97 Å². The monoisotopic (exact) mass is 298 g/mol. The topological polar surface area (TPSA) is 75.7 Å². The van der Waals surface area contributed by atoms with Gasteiger partial charge in [-0.2, -0.15) is 0 Å². The smallest absolute Gasteiger partial charge is 0.325 e. The second-order valence-electron chi connectivity index (χ2n) is 5.71. The zero-order valence-corrected chi connectivity index (χ0v) is 13.2. The van der Waals surface area contributed by atoms with Crippen molar-refractivity contribution in [2.45, 2.75) is 52.0 Å². The Balaban J connectivity index is 2.35. The van der Waals surface area contributed by atoms with Crippen LogP contribution in [-0.2, 0) is 19.1 Å². The molecule has 0 aromatic carbocycles. The van der Waals surface area contributed by atoms with E-state index >= 15 is 0 Å². The molecule has 6 nitrogen and oxygen atoms in total. The van der Waals surface area contributed by atoms with Crippen LogP contribution in [0.1, 0.15) is 46.0 Å². The lowest BCUT2D eigenvalue weighted by Crippen LogP contribution is -2.42. The Hall–Kier alpha value is -1.59. The predicted octanol–water partition coefficient (Wildman–Crippen LogP) is 1.09. The molecule has 0 radical (unpaired) electrons. The van der Waals surface area contributed by atoms with Crippen LogP contribution in [0.25, 0.3) is 0 Å². The van der Waals surface area contributed by atoms with Gasteiger partial charge < -0.3 is 15.0 Å². The summed E-state index contributed by atoms with van der Waals surface area (Å²) in [6.07, 6.45) is 4.31. The van der Waals surface area contributed by atoms with Crippen LogP contribution in [0.15, 0.2) is 0 Å². The second kappa shape index (κ2) is 8.64. The number of hydrogen-bond donors (Lipinski definition) is 1. The first-order valence-corrected chi connectivity index (χ1v) is 7.59. The van der Waals surface area contributed by atoms with Crippen LogP contribution in [0.3, 0.4) is 0 Å². The molecule has 0 unspecified atom stereocenters. The van der Waals surface area contributed by atoms with Crippen LogP contribution in [-0.4, -0.2) is 48.9 Å². The van der Waals surface area contributed by atoms with Gasteiger partial charge in [0, 0.05) is 24.9 Å². The highest BCUT2D eigenvalue weighted by molar-refractivity contribution is 5.83. The van der Waals surface area contributed by atoms with E-state index in [1.54, 1.807) is 0 Å². The third kappa shape index (κ3) is 5.73. The lowest BCUT2D eigenvalue weighted by atomic mass is 10.1. The number of esters is 1. The number of rotatable bonds is 7. The number of carbonyl (C=O) groups excluding carboxylic acids is 3. The van der Waals surface area contributed by atoms with Gasteiger partial charge in [-0.05, 0) is 26.7 Å². The van der Waals surface area contributed by atoms with E-state index in [2.05, 4.69) is 10.1 Å². The lowest BCUT2D eigenvalue weighted by molar-refractivity contribution is -0.148. The Kier molecular flexibility index (Phi) is 7.19. The molecule has 1 saturated carbocycles. The molecule has 120 valence electrons. The van der Waals surface area contributed by atoms with E-state index < -0.39 is 5.97 Å². The molecule has 1 aliphatic rings. The van der Waals surface area contributed by atoms with Crippen LogP contribution in [0.5, 0.6) is 0 Å². The Morgan fingerprint density at radius 3 is 2.38 bits per heavy atom. The van der Waals surface area contributed by atoms with Gasteiger partial charge in [-0.25, -0.2) is 0 Å². The Morgan fingerprint density at radius 2 is 1.86 bits per heavy atom. The van der Waals surface area contributed by atoms with Gasteiger partial charge in [-0.15, -0.1) is 0 Å². The summed E-state index contributed by atoms with van der Waals surface area (Å²) in [5, 5.41) is 2.81. The molecule has 0 bridgehead atoms. The predicted molar refractivity (Wildman–Crippen MR) is 78.4 cm³/mol. The number of methoxy groups -OCH3 is 1. The first-order chi connectivity index (χ1) is 9.95. The molecule has 2 amide bonds. The van der Waals surface area contributed by atoms with E-state index in [0.717, 1.165) is 25.7 Å². The zero-order valence-electron chi connectivity index (χ0n) is 13.2. The summed E-state index contributed by atoms with van der Waals surface area (Å²) < 4.78 is 4.59. The van der Waals surface area contributed by atoms with Crippen LogP contribution in [0.4, 0.5) is 0 Å². The molecule has 1 aliphatic carbocycles. The molecular formula is C15H26N2O4. The summed E-state index contributed by atoms with van der Waals surface area (Å²) in [7, 11) is 1.30. The first kappa shape index (κ1) is 17.5. The Labute approximate surface area is 126 Å². The normalized spacial score (nSPS) is 15.0. The zero-order chi connectivity index (χ0) is 15.8. The summed E-state index contributed by atoms with van der Waals surface area (Å²) >= 11 is 0. The van der Waals surface area contributed by atoms with Gasteiger partial charge in [0.2, 0.25) is 11.8 Å². The maximum absolute atomic E-state index is 12.1. The van der Waals surface area contributed by atoms with Gasteiger partial charge in [0.25, 0.3) is 0 Å². The van der Waals surface area contributed by atoms with Gasteiger partial charge in [0.05, 0.1) is 7.11 Å². The molecule has 6 heteroatoms. The fourth-order valence-corrected chi connectivity index (χ4v) is 2.53. The maximum atomic E-state index is 12.1. The lowest BCUT2D eigenvalue weighted by Gasteiger charge is -2.25. The first-order valence-electron chi connectivity index (χ1n) is 7.59. The van der Waals surface area contributed by atoms with Crippen molar-refractivity contribution in [3.05, 3.63) is 0 Å². The molecule has 0 spiro atoms. The molecule has 0 heterocycles. The number of carbonyl (C=O) groups is 3. The average Bonchev–Trinajstić information content (AvgIpc) is 2.97. The van der Waals surface area contributed by atoms with Crippen LogP contribution in [0, 0.1) is 5.92 Å². The molecule has 0 atom stereocenters. The van der Waals surface area contributed by atoms with E-state index in [4.69, 9.17) is 0 Å². The number of amides is 2. The molecule has 1 rings (SSSR count). The quantitative estimate of drug-likeness (QED) is 0.714. The van der Waals surface area contributed by atoms with E-state index in [1.807, 2.05) is 13.8 Å². The van der Waals surface area contributed by atoms with Crippen molar-refractivity contribution in [1.29, 1.82) is 0 Å². The number of ether oxygens (including phenoxy) is 1. The van der Waals surface area contributed by atoms with Crippen molar-refractivity contribution in [3.8, 4) is 0 Å². The van der Waals surface area contributed by atoms with Crippen LogP contribution < -0.4 is 5.32 Å². The minimum Gasteiger partial charge on any atom is -0.468 e. The molecule has 0 aliphatic heterocycles. The highest BCUT2D eigenvalue weighted by Gasteiger charge is 2.23. The van der Waals surface area contributed by atoms with Crippen LogP contribution >= 0.6 is 0 Å². The van der Waals surface area contributed by atoms with Gasteiger partial charge in [-0.3, -0.25) is 14.4 Å². The third-order valence-electron chi connectivity index (χ3n) is 3.83. The van der Waals surface area contributed by atoms with Crippen molar-refractivity contribution in [2.75, 3.05) is 20.2 Å². The highest BCUT2D eigenvalue weighted by Crippen LogP contribution is 2.24. The number of hydrogen-bond acceptors (Lipinski definition) is 4. The Morgan fingerprint density at radius 1 is 1.24 bits per heavy atom. The van der Waals surface area contributed by atoms with Crippen molar-refractivity contribution < 1.29 is 19.1 Å². The summed E-state index contributed by atoms with van der Waals surface area (Å²) in [6.45, 7) is 3.96. The summed E-state index contributed by atoms with van der Waals surface area (Å²) in [4.78, 5) is 36.7. The van der Waals surface area contributed by atoms with Crippen molar-refractivity contribution in [2.24, 2.45) is 5.92 Å². The van der Waals surface area contributed by atoms with E-state index in [0.29, 0.717) is 6.54 Å². The number of nitrogens with zero attached hydrogens (tertiary/aromatic N) is 1. The molecule has 0 saturated heterocycles. The standard InChI is InChI=1S/C15H26N2O4/c1-11(2)17(10-14(19)21-3)13(18)8-9-16-15(20)12-6-4-5-7-12/h11-12H,4-10H2,1-3H3,(H,16,20). The summed E-state index contributed by atoms with van der Waals surface area (Å²) in [5.74, 6) is -0.435. The van der Waals surface area contributed by atoms with E-state index in [9.17, 15) is 14.4 Å². The van der Waals surface area contributed by atoms with Gasteiger partial charge in [-0.1, -0.05) is 12.8 Å². The van der Waals surface area contributed by atoms with Gasteiger partial charge in [0.15, 0.2) is 0 Å². The fourth-order valence-electron chi connectivity index (χ4n) is 2.53. The molecular weight excluding hydrogens is 272 g/mol. The van der Waals surface area contributed by atoms with Crippen LogP contribution in [0.2, 0.25) is 0 Å².